The van der Waals surface area contributed by atoms with Crippen LogP contribution in [0.5, 0.6) is 0 Å². The van der Waals surface area contributed by atoms with Crippen LogP contribution in [0, 0.1) is 0 Å². The monoisotopic (exact) mass is 254 g/mol. The standard InChI is InChI=1S/C13H22N2O3/c14-12(5-4-6-12)9-10(16)15-13(11(17)18)7-2-1-3-8-13/h1-9,14H2,(H,15,16)(H,17,18). The lowest BCUT2D eigenvalue weighted by Crippen LogP contribution is -2.58. The lowest BCUT2D eigenvalue weighted by atomic mass is 9.74. The Balaban J connectivity index is 1.96. The molecule has 0 radical (unpaired) electrons. The number of nitrogens with two attached hydrogens (primary N) is 1. The molecule has 5 heteroatoms. The van der Waals surface area contributed by atoms with Crippen molar-refractivity contribution < 1.29 is 14.7 Å². The maximum atomic E-state index is 12.0. The molecule has 0 aromatic rings. The number of carboxylic acids is 1. The molecule has 4 N–H and O–H groups in total. The molecule has 2 fully saturated rings. The summed E-state index contributed by atoms with van der Waals surface area (Å²) in [4.78, 5) is 23.4. The highest BCUT2D eigenvalue weighted by molar-refractivity contribution is 5.87. The second-order valence-electron chi connectivity index (χ2n) is 5.89. The highest BCUT2D eigenvalue weighted by Gasteiger charge is 2.42. The van der Waals surface area contributed by atoms with Crippen LogP contribution in [0.25, 0.3) is 0 Å². The number of carbonyl (C=O) groups is 2. The van der Waals surface area contributed by atoms with Crippen molar-refractivity contribution in [2.24, 2.45) is 5.73 Å². The third kappa shape index (κ3) is 2.66. The van der Waals surface area contributed by atoms with Gasteiger partial charge in [0.15, 0.2) is 0 Å². The molecular formula is C13H22N2O3. The van der Waals surface area contributed by atoms with Gasteiger partial charge in [0.25, 0.3) is 0 Å². The zero-order valence-electron chi connectivity index (χ0n) is 10.7. The topological polar surface area (TPSA) is 92.4 Å². The summed E-state index contributed by atoms with van der Waals surface area (Å²) in [5.74, 6) is -1.11. The van der Waals surface area contributed by atoms with Crippen LogP contribution >= 0.6 is 0 Å². The van der Waals surface area contributed by atoms with Crippen molar-refractivity contribution in [1.82, 2.24) is 5.32 Å². The van der Waals surface area contributed by atoms with Gasteiger partial charge in [-0.25, -0.2) is 4.79 Å². The van der Waals surface area contributed by atoms with Crippen molar-refractivity contribution >= 4 is 11.9 Å². The number of carboxylic acid groups (broad SMARTS) is 1. The highest BCUT2D eigenvalue weighted by Crippen LogP contribution is 2.33. The van der Waals surface area contributed by atoms with Gasteiger partial charge >= 0.3 is 5.97 Å². The summed E-state index contributed by atoms with van der Waals surface area (Å²) in [5.41, 5.74) is 4.58. The minimum atomic E-state index is -1.05. The molecule has 2 saturated carbocycles. The third-order valence-corrected chi connectivity index (χ3v) is 4.36. The first kappa shape index (κ1) is 13.3. The summed E-state index contributed by atoms with van der Waals surface area (Å²) in [6.07, 6.45) is 6.88. The van der Waals surface area contributed by atoms with E-state index in [0.717, 1.165) is 38.5 Å². The van der Waals surface area contributed by atoms with Crippen molar-refractivity contribution in [2.75, 3.05) is 0 Å². The Kier molecular flexibility index (Phi) is 3.61. The molecule has 0 saturated heterocycles. The Morgan fingerprint density at radius 3 is 2.11 bits per heavy atom. The average molecular weight is 254 g/mol. The lowest BCUT2D eigenvalue weighted by Gasteiger charge is -2.39. The van der Waals surface area contributed by atoms with Gasteiger partial charge in [-0.15, -0.1) is 0 Å². The van der Waals surface area contributed by atoms with Crippen LogP contribution in [-0.2, 0) is 9.59 Å². The van der Waals surface area contributed by atoms with E-state index in [1.807, 2.05) is 0 Å². The van der Waals surface area contributed by atoms with E-state index in [0.29, 0.717) is 12.8 Å². The van der Waals surface area contributed by atoms with Gasteiger partial charge in [0.05, 0.1) is 0 Å². The van der Waals surface area contributed by atoms with Gasteiger partial charge < -0.3 is 16.2 Å². The second kappa shape index (κ2) is 4.88. The summed E-state index contributed by atoms with van der Waals surface area (Å²) in [6, 6.07) is 0. The van der Waals surface area contributed by atoms with Gasteiger partial charge in [0.2, 0.25) is 5.91 Å². The molecule has 5 nitrogen and oxygen atoms in total. The number of hydrogen-bond acceptors (Lipinski definition) is 3. The smallest absolute Gasteiger partial charge is 0.329 e. The van der Waals surface area contributed by atoms with Gasteiger partial charge in [-0.05, 0) is 32.1 Å². The zero-order chi connectivity index (χ0) is 13.2. The molecule has 0 unspecified atom stereocenters. The van der Waals surface area contributed by atoms with Crippen molar-refractivity contribution in [3.8, 4) is 0 Å². The molecule has 102 valence electrons. The van der Waals surface area contributed by atoms with Crippen LogP contribution in [-0.4, -0.2) is 28.1 Å². The normalized spacial score (nSPS) is 24.9. The zero-order valence-corrected chi connectivity index (χ0v) is 10.7. The third-order valence-electron chi connectivity index (χ3n) is 4.36. The van der Waals surface area contributed by atoms with E-state index in [9.17, 15) is 14.7 Å². The number of hydrogen-bond donors (Lipinski definition) is 3. The number of rotatable bonds is 4. The fourth-order valence-corrected chi connectivity index (χ4v) is 2.99. The number of nitrogens with one attached hydrogen (secondary N) is 1. The molecule has 0 aromatic carbocycles. The van der Waals surface area contributed by atoms with Crippen molar-refractivity contribution in [3.05, 3.63) is 0 Å². The van der Waals surface area contributed by atoms with E-state index >= 15 is 0 Å². The fourth-order valence-electron chi connectivity index (χ4n) is 2.99. The quantitative estimate of drug-likeness (QED) is 0.702. The fraction of sp³-hybridized carbons (Fsp3) is 0.846. The predicted octanol–water partition coefficient (Wildman–Crippen LogP) is 1.16. The summed E-state index contributed by atoms with van der Waals surface area (Å²) in [5, 5.41) is 12.1. The summed E-state index contributed by atoms with van der Waals surface area (Å²) in [6.45, 7) is 0. The van der Waals surface area contributed by atoms with Crippen LogP contribution in [0.15, 0.2) is 0 Å². The molecule has 0 aliphatic heterocycles. The molecule has 2 aliphatic carbocycles. The van der Waals surface area contributed by atoms with Gasteiger partial charge in [-0.2, -0.15) is 0 Å². The number of amides is 1. The maximum absolute atomic E-state index is 12.0. The van der Waals surface area contributed by atoms with E-state index in [1.54, 1.807) is 0 Å². The molecule has 1 amide bonds. The van der Waals surface area contributed by atoms with Crippen molar-refractivity contribution in [3.63, 3.8) is 0 Å². The van der Waals surface area contributed by atoms with Gasteiger partial charge in [0.1, 0.15) is 5.54 Å². The van der Waals surface area contributed by atoms with Crippen LogP contribution in [0.2, 0.25) is 0 Å². The lowest BCUT2D eigenvalue weighted by molar-refractivity contribution is -0.149. The van der Waals surface area contributed by atoms with Crippen molar-refractivity contribution in [1.29, 1.82) is 0 Å². The van der Waals surface area contributed by atoms with Crippen LogP contribution in [0.1, 0.15) is 57.8 Å². The predicted molar refractivity (Wildman–Crippen MR) is 67.0 cm³/mol. The summed E-state index contributed by atoms with van der Waals surface area (Å²) < 4.78 is 0. The Morgan fingerprint density at radius 1 is 1.06 bits per heavy atom. The van der Waals surface area contributed by atoms with Crippen LogP contribution < -0.4 is 11.1 Å². The Labute approximate surface area is 107 Å². The van der Waals surface area contributed by atoms with E-state index in [-0.39, 0.29) is 12.3 Å². The second-order valence-corrected chi connectivity index (χ2v) is 5.89. The minimum absolute atomic E-state index is 0.207. The van der Waals surface area contributed by atoms with E-state index in [2.05, 4.69) is 5.32 Å². The summed E-state index contributed by atoms with van der Waals surface area (Å²) in [7, 11) is 0. The van der Waals surface area contributed by atoms with Crippen LogP contribution in [0.4, 0.5) is 0 Å². The molecule has 0 aromatic heterocycles. The number of carbonyl (C=O) groups excluding carboxylic acids is 1. The molecule has 0 heterocycles. The maximum Gasteiger partial charge on any atom is 0.329 e. The van der Waals surface area contributed by atoms with E-state index < -0.39 is 17.0 Å². The Hall–Kier alpha value is -1.10. The Morgan fingerprint density at radius 2 is 1.67 bits per heavy atom. The van der Waals surface area contributed by atoms with Gasteiger partial charge in [-0.1, -0.05) is 19.3 Å². The molecule has 0 bridgehead atoms. The minimum Gasteiger partial charge on any atom is -0.480 e. The average Bonchev–Trinajstić information content (AvgIpc) is 2.27. The number of aliphatic carboxylic acids is 1. The van der Waals surface area contributed by atoms with Crippen LogP contribution in [0.3, 0.4) is 0 Å². The molecule has 0 spiro atoms. The van der Waals surface area contributed by atoms with E-state index in [4.69, 9.17) is 5.73 Å². The first-order chi connectivity index (χ1) is 8.46. The first-order valence-electron chi connectivity index (χ1n) is 6.79. The molecule has 0 atom stereocenters. The SMILES string of the molecule is NC1(CC(=O)NC2(C(=O)O)CCCCC2)CCC1. The first-order valence-corrected chi connectivity index (χ1v) is 6.79. The summed E-state index contributed by atoms with van der Waals surface area (Å²) >= 11 is 0. The van der Waals surface area contributed by atoms with Crippen molar-refractivity contribution in [2.45, 2.75) is 68.9 Å². The Bertz CT molecular complexity index is 344. The molecular weight excluding hydrogens is 232 g/mol. The van der Waals surface area contributed by atoms with E-state index in [1.165, 1.54) is 0 Å². The molecule has 2 aliphatic rings. The molecule has 2 rings (SSSR count). The van der Waals surface area contributed by atoms with Gasteiger partial charge in [0, 0.05) is 12.0 Å². The molecule has 18 heavy (non-hydrogen) atoms. The highest BCUT2D eigenvalue weighted by atomic mass is 16.4. The largest absolute Gasteiger partial charge is 0.480 e. The van der Waals surface area contributed by atoms with Gasteiger partial charge in [-0.3, -0.25) is 4.79 Å².